The summed E-state index contributed by atoms with van der Waals surface area (Å²) in [7, 11) is 1.98. The molecule has 3 aromatic carbocycles. The molecule has 0 aliphatic heterocycles. The summed E-state index contributed by atoms with van der Waals surface area (Å²) >= 11 is 8.53. The summed E-state index contributed by atoms with van der Waals surface area (Å²) in [6.45, 7) is 0. The van der Waals surface area contributed by atoms with E-state index in [1.807, 2.05) is 19.2 Å². The largest absolute Gasteiger partial charge is 0.309 e. The van der Waals surface area contributed by atoms with Gasteiger partial charge in [0.1, 0.15) is 0 Å². The molecule has 1 N–H and O–H groups in total. The lowest BCUT2D eigenvalue weighted by atomic mass is 9.96. The average Bonchev–Trinajstić information content (AvgIpc) is 2.51. The highest BCUT2D eigenvalue weighted by Gasteiger charge is 2.15. The molecule has 0 saturated heterocycles. The van der Waals surface area contributed by atoms with Gasteiger partial charge in [0.25, 0.3) is 0 Å². The SMILES string of the molecule is CNC(c1ccc2ccccc2c1)c1cc(Cl)ccc1I. The van der Waals surface area contributed by atoms with Crippen molar-refractivity contribution in [3.05, 3.63) is 80.4 Å². The van der Waals surface area contributed by atoms with Gasteiger partial charge in [0, 0.05) is 8.59 Å². The summed E-state index contributed by atoms with van der Waals surface area (Å²) in [6.07, 6.45) is 0. The Bertz CT molecular complexity index is 785. The fraction of sp³-hybridized carbons (Fsp3) is 0.111. The lowest BCUT2D eigenvalue weighted by Gasteiger charge is -2.19. The molecule has 0 amide bonds. The minimum atomic E-state index is 0.139. The van der Waals surface area contributed by atoms with Crippen molar-refractivity contribution >= 4 is 45.0 Å². The molecule has 0 aliphatic rings. The summed E-state index contributed by atoms with van der Waals surface area (Å²) in [5.74, 6) is 0. The van der Waals surface area contributed by atoms with Gasteiger partial charge in [-0.15, -0.1) is 0 Å². The zero-order chi connectivity index (χ0) is 14.8. The number of rotatable bonds is 3. The van der Waals surface area contributed by atoms with E-state index in [1.54, 1.807) is 0 Å². The maximum absolute atomic E-state index is 6.17. The fourth-order valence-corrected chi connectivity index (χ4v) is 3.45. The van der Waals surface area contributed by atoms with Crippen LogP contribution in [0.15, 0.2) is 60.7 Å². The molecule has 0 heterocycles. The molecule has 3 rings (SSSR count). The molecule has 0 fully saturated rings. The van der Waals surface area contributed by atoms with E-state index in [-0.39, 0.29) is 6.04 Å². The predicted molar refractivity (Wildman–Crippen MR) is 99.0 cm³/mol. The molecular formula is C18H15ClIN. The molecule has 1 unspecified atom stereocenters. The second-order valence-electron chi connectivity index (χ2n) is 4.99. The van der Waals surface area contributed by atoms with E-state index in [4.69, 9.17) is 11.6 Å². The van der Waals surface area contributed by atoms with Gasteiger partial charge in [-0.1, -0.05) is 48.0 Å². The third kappa shape index (κ3) is 3.07. The predicted octanol–water partition coefficient (Wildman–Crippen LogP) is 5.41. The lowest BCUT2D eigenvalue weighted by molar-refractivity contribution is 0.689. The van der Waals surface area contributed by atoms with Crippen molar-refractivity contribution in [2.45, 2.75) is 6.04 Å². The Morgan fingerprint density at radius 2 is 1.71 bits per heavy atom. The Kier molecular flexibility index (Phi) is 4.48. The highest BCUT2D eigenvalue weighted by Crippen LogP contribution is 2.30. The first-order valence-corrected chi connectivity index (χ1v) is 8.25. The zero-order valence-electron chi connectivity index (χ0n) is 11.6. The number of fused-ring (bicyclic) bond motifs is 1. The van der Waals surface area contributed by atoms with Gasteiger partial charge in [-0.2, -0.15) is 0 Å². The molecule has 3 heteroatoms. The second-order valence-corrected chi connectivity index (χ2v) is 6.59. The normalized spacial score (nSPS) is 12.5. The van der Waals surface area contributed by atoms with Crippen LogP contribution in [-0.2, 0) is 0 Å². The van der Waals surface area contributed by atoms with Crippen molar-refractivity contribution in [3.8, 4) is 0 Å². The lowest BCUT2D eigenvalue weighted by Crippen LogP contribution is -2.18. The third-order valence-corrected chi connectivity index (χ3v) is 4.88. The van der Waals surface area contributed by atoms with Gasteiger partial charge in [-0.25, -0.2) is 0 Å². The Morgan fingerprint density at radius 3 is 2.48 bits per heavy atom. The maximum atomic E-state index is 6.17. The number of hydrogen-bond donors (Lipinski definition) is 1. The van der Waals surface area contributed by atoms with E-state index >= 15 is 0 Å². The summed E-state index contributed by atoms with van der Waals surface area (Å²) in [4.78, 5) is 0. The molecule has 106 valence electrons. The van der Waals surface area contributed by atoms with Crippen molar-refractivity contribution in [2.75, 3.05) is 7.05 Å². The number of benzene rings is 3. The summed E-state index contributed by atoms with van der Waals surface area (Å²) in [5.41, 5.74) is 2.46. The van der Waals surface area contributed by atoms with Crippen molar-refractivity contribution in [2.24, 2.45) is 0 Å². The first-order valence-electron chi connectivity index (χ1n) is 6.80. The molecule has 1 nitrogen and oxygen atoms in total. The maximum Gasteiger partial charge on any atom is 0.0585 e. The third-order valence-electron chi connectivity index (χ3n) is 3.66. The van der Waals surface area contributed by atoms with Crippen LogP contribution in [0.2, 0.25) is 5.02 Å². The summed E-state index contributed by atoms with van der Waals surface area (Å²) in [5, 5.41) is 6.69. The minimum Gasteiger partial charge on any atom is -0.309 e. The van der Waals surface area contributed by atoms with Crippen LogP contribution < -0.4 is 5.32 Å². The molecule has 0 aromatic heterocycles. The smallest absolute Gasteiger partial charge is 0.0585 e. The fourth-order valence-electron chi connectivity index (χ4n) is 2.62. The first-order chi connectivity index (χ1) is 10.2. The van der Waals surface area contributed by atoms with E-state index in [1.165, 1.54) is 25.5 Å². The van der Waals surface area contributed by atoms with Crippen molar-refractivity contribution in [1.29, 1.82) is 0 Å². The summed E-state index contributed by atoms with van der Waals surface area (Å²) < 4.78 is 1.21. The van der Waals surface area contributed by atoms with Crippen molar-refractivity contribution < 1.29 is 0 Å². The number of hydrogen-bond acceptors (Lipinski definition) is 1. The van der Waals surface area contributed by atoms with Crippen LogP contribution >= 0.6 is 34.2 Å². The Balaban J connectivity index is 2.11. The molecule has 3 aromatic rings. The van der Waals surface area contributed by atoms with Crippen LogP contribution in [0.3, 0.4) is 0 Å². The topological polar surface area (TPSA) is 12.0 Å². The molecule has 21 heavy (non-hydrogen) atoms. The Morgan fingerprint density at radius 1 is 0.952 bits per heavy atom. The number of halogens is 2. The van der Waals surface area contributed by atoms with Gasteiger partial charge < -0.3 is 5.32 Å². The van der Waals surface area contributed by atoms with Gasteiger partial charge in [0.15, 0.2) is 0 Å². The minimum absolute atomic E-state index is 0.139. The standard InChI is InChI=1S/C18H15ClIN/c1-21-18(16-11-15(19)8-9-17(16)20)14-7-6-12-4-2-3-5-13(12)10-14/h2-11,18,21H,1H3. The van der Waals surface area contributed by atoms with Crippen LogP contribution in [0.1, 0.15) is 17.2 Å². The Hall–Kier alpha value is -1.10. The highest BCUT2D eigenvalue weighted by atomic mass is 127. The molecule has 0 aliphatic carbocycles. The van der Waals surface area contributed by atoms with Crippen molar-refractivity contribution in [3.63, 3.8) is 0 Å². The zero-order valence-corrected chi connectivity index (χ0v) is 14.5. The van der Waals surface area contributed by atoms with E-state index in [0.29, 0.717) is 0 Å². The Labute approximate surface area is 143 Å². The van der Waals surface area contributed by atoms with Gasteiger partial charge in [0.2, 0.25) is 0 Å². The van der Waals surface area contributed by atoms with Crippen LogP contribution in [0.25, 0.3) is 10.8 Å². The monoisotopic (exact) mass is 407 g/mol. The van der Waals surface area contributed by atoms with E-state index in [9.17, 15) is 0 Å². The van der Waals surface area contributed by atoms with Crippen LogP contribution in [0.4, 0.5) is 0 Å². The highest BCUT2D eigenvalue weighted by molar-refractivity contribution is 14.1. The molecular weight excluding hydrogens is 393 g/mol. The van der Waals surface area contributed by atoms with Gasteiger partial charge >= 0.3 is 0 Å². The average molecular weight is 408 g/mol. The van der Waals surface area contributed by atoms with Crippen molar-refractivity contribution in [1.82, 2.24) is 5.32 Å². The van der Waals surface area contributed by atoms with Crippen LogP contribution in [0.5, 0.6) is 0 Å². The molecule has 0 saturated carbocycles. The first kappa shape index (κ1) is 14.8. The number of nitrogens with one attached hydrogen (secondary N) is 1. The quantitative estimate of drug-likeness (QED) is 0.573. The van der Waals surface area contributed by atoms with Gasteiger partial charge in [-0.3, -0.25) is 0 Å². The molecule has 0 bridgehead atoms. The van der Waals surface area contributed by atoms with Crippen LogP contribution in [-0.4, -0.2) is 7.05 Å². The molecule has 0 spiro atoms. The van der Waals surface area contributed by atoms with E-state index in [2.05, 4.69) is 76.4 Å². The van der Waals surface area contributed by atoms with Crippen LogP contribution in [0, 0.1) is 3.57 Å². The van der Waals surface area contributed by atoms with Gasteiger partial charge in [-0.05, 0) is 75.8 Å². The van der Waals surface area contributed by atoms with E-state index in [0.717, 1.165) is 5.02 Å². The summed E-state index contributed by atoms with van der Waals surface area (Å²) in [6, 6.07) is 21.2. The van der Waals surface area contributed by atoms with E-state index < -0.39 is 0 Å². The molecule has 0 radical (unpaired) electrons. The molecule has 1 atom stereocenters. The van der Waals surface area contributed by atoms with Gasteiger partial charge in [0.05, 0.1) is 6.04 Å². The second kappa shape index (κ2) is 6.34.